The van der Waals surface area contributed by atoms with Gasteiger partial charge in [0.05, 0.1) is 0 Å². The lowest BCUT2D eigenvalue weighted by molar-refractivity contribution is 0.106. The summed E-state index contributed by atoms with van der Waals surface area (Å²) in [5, 5.41) is 9.90. The van der Waals surface area contributed by atoms with E-state index in [4.69, 9.17) is 0 Å². The van der Waals surface area contributed by atoms with Gasteiger partial charge >= 0.3 is 0 Å². The molecule has 1 N–H and O–H groups in total. The molecule has 2 saturated heterocycles. The highest BCUT2D eigenvalue weighted by Gasteiger charge is 2.33. The Morgan fingerprint density at radius 3 is 2.04 bits per heavy atom. The molecule has 27 heavy (non-hydrogen) atoms. The standard InChI is InChI=1S/C23H39N3O/c1-5-24-10-12-25(13-11-24)15-20-16-26(17-21(20)18-27)14-19-6-8-22(9-7-19)23(2,3)4/h6-9,20-21,27H,5,10-18H2,1-4H3/t20-,21-/m1/s1. The van der Waals surface area contributed by atoms with Crippen LogP contribution in [0.3, 0.4) is 0 Å². The SMILES string of the molecule is CCN1CCN(C[C@@H]2CN(Cc3ccc(C(C)(C)C)cc3)C[C@@H]2CO)CC1. The molecule has 2 fully saturated rings. The van der Waals surface area contributed by atoms with Crippen LogP contribution < -0.4 is 0 Å². The number of aliphatic hydroxyl groups excluding tert-OH is 1. The van der Waals surface area contributed by atoms with Crippen LogP contribution in [0.2, 0.25) is 0 Å². The van der Waals surface area contributed by atoms with Gasteiger partial charge in [0.1, 0.15) is 0 Å². The first kappa shape index (κ1) is 20.8. The summed E-state index contributed by atoms with van der Waals surface area (Å²) in [5.41, 5.74) is 2.99. The molecule has 0 unspecified atom stereocenters. The Morgan fingerprint density at radius 1 is 0.889 bits per heavy atom. The fourth-order valence-corrected chi connectivity index (χ4v) is 4.57. The molecule has 3 rings (SSSR count). The Hall–Kier alpha value is -0.940. The van der Waals surface area contributed by atoms with Crippen molar-refractivity contribution in [3.05, 3.63) is 35.4 Å². The van der Waals surface area contributed by atoms with Crippen LogP contribution >= 0.6 is 0 Å². The van der Waals surface area contributed by atoms with Crippen molar-refractivity contribution < 1.29 is 5.11 Å². The highest BCUT2D eigenvalue weighted by molar-refractivity contribution is 5.27. The highest BCUT2D eigenvalue weighted by atomic mass is 16.3. The van der Waals surface area contributed by atoms with Gasteiger partial charge in [0.2, 0.25) is 0 Å². The topological polar surface area (TPSA) is 30.0 Å². The number of benzene rings is 1. The van der Waals surface area contributed by atoms with Gasteiger partial charge in [0.25, 0.3) is 0 Å². The van der Waals surface area contributed by atoms with Crippen LogP contribution in [0, 0.1) is 11.8 Å². The number of nitrogens with zero attached hydrogens (tertiary/aromatic N) is 3. The van der Waals surface area contributed by atoms with Gasteiger partial charge in [-0.05, 0) is 34.9 Å². The summed E-state index contributed by atoms with van der Waals surface area (Å²) in [4.78, 5) is 7.68. The summed E-state index contributed by atoms with van der Waals surface area (Å²) in [5.74, 6) is 1.01. The zero-order valence-electron chi connectivity index (χ0n) is 17.8. The summed E-state index contributed by atoms with van der Waals surface area (Å²) >= 11 is 0. The van der Waals surface area contributed by atoms with Gasteiger partial charge < -0.3 is 14.9 Å². The largest absolute Gasteiger partial charge is 0.396 e. The molecule has 0 saturated carbocycles. The van der Waals surface area contributed by atoms with E-state index in [9.17, 15) is 5.11 Å². The van der Waals surface area contributed by atoms with Crippen LogP contribution in [0.4, 0.5) is 0 Å². The second-order valence-corrected chi connectivity index (χ2v) is 9.58. The van der Waals surface area contributed by atoms with E-state index in [-0.39, 0.29) is 5.41 Å². The van der Waals surface area contributed by atoms with Gasteiger partial charge in [-0.2, -0.15) is 0 Å². The molecule has 2 heterocycles. The van der Waals surface area contributed by atoms with Crippen LogP contribution in [0.5, 0.6) is 0 Å². The summed E-state index contributed by atoms with van der Waals surface area (Å²) in [6.07, 6.45) is 0. The maximum Gasteiger partial charge on any atom is 0.0475 e. The quantitative estimate of drug-likeness (QED) is 0.830. The number of piperazine rings is 1. The van der Waals surface area contributed by atoms with Crippen molar-refractivity contribution in [3.63, 3.8) is 0 Å². The molecular formula is C23H39N3O. The van der Waals surface area contributed by atoms with Crippen molar-refractivity contribution in [1.29, 1.82) is 0 Å². The second kappa shape index (κ2) is 9.04. The van der Waals surface area contributed by atoms with Crippen molar-refractivity contribution in [2.75, 3.05) is 59.0 Å². The normalized spacial score (nSPS) is 26.0. The molecule has 1 aromatic rings. The van der Waals surface area contributed by atoms with E-state index in [1.807, 2.05) is 0 Å². The average Bonchev–Trinajstić information content (AvgIpc) is 3.03. The summed E-state index contributed by atoms with van der Waals surface area (Å²) in [6.45, 7) is 19.5. The van der Waals surface area contributed by atoms with Crippen molar-refractivity contribution in [1.82, 2.24) is 14.7 Å². The van der Waals surface area contributed by atoms with E-state index >= 15 is 0 Å². The van der Waals surface area contributed by atoms with Gasteiger partial charge in [0.15, 0.2) is 0 Å². The smallest absolute Gasteiger partial charge is 0.0475 e. The lowest BCUT2D eigenvalue weighted by Crippen LogP contribution is -2.48. The van der Waals surface area contributed by atoms with Crippen LogP contribution in [0.1, 0.15) is 38.8 Å². The minimum atomic E-state index is 0.209. The number of hydrogen-bond donors (Lipinski definition) is 1. The number of rotatable bonds is 6. The van der Waals surface area contributed by atoms with Gasteiger partial charge in [0, 0.05) is 59.0 Å². The second-order valence-electron chi connectivity index (χ2n) is 9.58. The predicted octanol–water partition coefficient (Wildman–Crippen LogP) is 2.66. The van der Waals surface area contributed by atoms with Crippen molar-refractivity contribution >= 4 is 0 Å². The molecule has 0 bridgehead atoms. The van der Waals surface area contributed by atoms with Crippen LogP contribution in [-0.2, 0) is 12.0 Å². The Morgan fingerprint density at radius 2 is 1.48 bits per heavy atom. The first-order chi connectivity index (χ1) is 12.9. The fourth-order valence-electron chi connectivity index (χ4n) is 4.57. The number of aliphatic hydroxyl groups is 1. The van der Waals surface area contributed by atoms with Gasteiger partial charge in [-0.3, -0.25) is 4.90 Å². The van der Waals surface area contributed by atoms with Crippen LogP contribution in [0.25, 0.3) is 0 Å². The molecule has 1 aromatic carbocycles. The molecule has 0 spiro atoms. The Kier molecular flexibility index (Phi) is 6.96. The third kappa shape index (κ3) is 5.54. The summed E-state index contributed by atoms with van der Waals surface area (Å²) < 4.78 is 0. The third-order valence-corrected chi connectivity index (χ3v) is 6.52. The monoisotopic (exact) mass is 373 g/mol. The minimum Gasteiger partial charge on any atom is -0.396 e. The highest BCUT2D eigenvalue weighted by Crippen LogP contribution is 2.27. The molecule has 2 aliphatic heterocycles. The van der Waals surface area contributed by atoms with E-state index in [1.165, 1.54) is 37.3 Å². The van der Waals surface area contributed by atoms with Crippen molar-refractivity contribution in [3.8, 4) is 0 Å². The Bertz CT molecular complexity index is 572. The lowest BCUT2D eigenvalue weighted by atomic mass is 9.87. The number of likely N-dealkylation sites (N-methyl/N-ethyl adjacent to an activating group) is 1. The minimum absolute atomic E-state index is 0.209. The van der Waals surface area contributed by atoms with Gasteiger partial charge in [-0.1, -0.05) is 52.0 Å². The van der Waals surface area contributed by atoms with Crippen LogP contribution in [0.15, 0.2) is 24.3 Å². The first-order valence-corrected chi connectivity index (χ1v) is 10.8. The number of likely N-dealkylation sites (tertiary alicyclic amines) is 1. The fraction of sp³-hybridized carbons (Fsp3) is 0.739. The molecule has 2 atom stereocenters. The maximum atomic E-state index is 9.90. The van der Waals surface area contributed by atoms with Crippen molar-refractivity contribution in [2.24, 2.45) is 11.8 Å². The van der Waals surface area contributed by atoms with E-state index in [2.05, 4.69) is 66.7 Å². The molecule has 0 amide bonds. The third-order valence-electron chi connectivity index (χ3n) is 6.52. The zero-order valence-corrected chi connectivity index (χ0v) is 17.8. The van der Waals surface area contributed by atoms with E-state index in [0.717, 1.165) is 32.7 Å². The molecular weight excluding hydrogens is 334 g/mol. The molecule has 2 aliphatic rings. The van der Waals surface area contributed by atoms with E-state index in [1.54, 1.807) is 0 Å². The molecule has 0 aromatic heterocycles. The predicted molar refractivity (Wildman–Crippen MR) is 113 cm³/mol. The Labute approximate surface area is 166 Å². The summed E-state index contributed by atoms with van der Waals surface area (Å²) in [7, 11) is 0. The summed E-state index contributed by atoms with van der Waals surface area (Å²) in [6, 6.07) is 9.12. The van der Waals surface area contributed by atoms with Gasteiger partial charge in [-0.15, -0.1) is 0 Å². The zero-order chi connectivity index (χ0) is 19.4. The maximum absolute atomic E-state index is 9.90. The first-order valence-electron chi connectivity index (χ1n) is 10.8. The van der Waals surface area contributed by atoms with Crippen LogP contribution in [-0.4, -0.2) is 78.8 Å². The molecule has 4 heteroatoms. The molecule has 4 nitrogen and oxygen atoms in total. The van der Waals surface area contributed by atoms with Crippen molar-refractivity contribution in [2.45, 2.75) is 39.7 Å². The molecule has 0 radical (unpaired) electrons. The van der Waals surface area contributed by atoms with E-state index in [0.29, 0.717) is 18.4 Å². The number of hydrogen-bond acceptors (Lipinski definition) is 4. The van der Waals surface area contributed by atoms with E-state index < -0.39 is 0 Å². The lowest BCUT2D eigenvalue weighted by Gasteiger charge is -2.36. The molecule has 0 aliphatic carbocycles. The Balaban J connectivity index is 1.53. The average molecular weight is 374 g/mol. The molecule has 152 valence electrons. The van der Waals surface area contributed by atoms with Gasteiger partial charge in [-0.25, -0.2) is 0 Å².